The van der Waals surface area contributed by atoms with Gasteiger partial charge in [0, 0.05) is 19.0 Å². The SMILES string of the molecule is CCN1CCOC(c2nc(Cl)c(I)c(C3CC3)n2)C1. The topological polar surface area (TPSA) is 38.2 Å². The first-order chi connectivity index (χ1) is 9.19. The van der Waals surface area contributed by atoms with Crippen molar-refractivity contribution in [2.75, 3.05) is 26.2 Å². The molecule has 1 aliphatic carbocycles. The van der Waals surface area contributed by atoms with Gasteiger partial charge in [-0.25, -0.2) is 9.97 Å². The normalized spacial score (nSPS) is 24.7. The van der Waals surface area contributed by atoms with Crippen LogP contribution in [-0.2, 0) is 4.74 Å². The van der Waals surface area contributed by atoms with Crippen molar-refractivity contribution in [1.82, 2.24) is 14.9 Å². The lowest BCUT2D eigenvalue weighted by molar-refractivity contribution is -0.0326. The zero-order valence-corrected chi connectivity index (χ0v) is 13.8. The fourth-order valence-electron chi connectivity index (χ4n) is 2.37. The molecular weight excluding hydrogens is 377 g/mol. The number of aromatic nitrogens is 2. The van der Waals surface area contributed by atoms with E-state index in [0.717, 1.165) is 41.3 Å². The number of morpholine rings is 1. The molecule has 104 valence electrons. The highest BCUT2D eigenvalue weighted by atomic mass is 127. The molecular formula is C13H17ClIN3O. The second-order valence-electron chi connectivity index (χ2n) is 5.10. The summed E-state index contributed by atoms with van der Waals surface area (Å²) in [4.78, 5) is 11.5. The van der Waals surface area contributed by atoms with Gasteiger partial charge in [-0.2, -0.15) is 0 Å². The quantitative estimate of drug-likeness (QED) is 0.584. The number of rotatable bonds is 3. The lowest BCUT2D eigenvalue weighted by Gasteiger charge is -2.31. The maximum Gasteiger partial charge on any atom is 0.160 e. The summed E-state index contributed by atoms with van der Waals surface area (Å²) in [7, 11) is 0. The molecule has 2 heterocycles. The minimum absolute atomic E-state index is 0.0410. The van der Waals surface area contributed by atoms with E-state index in [0.29, 0.717) is 11.1 Å². The Kier molecular flexibility index (Phi) is 4.26. The van der Waals surface area contributed by atoms with Crippen LogP contribution in [0, 0.1) is 3.57 Å². The molecule has 4 nitrogen and oxygen atoms in total. The van der Waals surface area contributed by atoms with Crippen LogP contribution in [0.25, 0.3) is 0 Å². The maximum absolute atomic E-state index is 6.25. The number of nitrogens with zero attached hydrogens (tertiary/aromatic N) is 3. The van der Waals surface area contributed by atoms with E-state index >= 15 is 0 Å². The summed E-state index contributed by atoms with van der Waals surface area (Å²) in [6.45, 7) is 5.79. The molecule has 0 radical (unpaired) electrons. The smallest absolute Gasteiger partial charge is 0.160 e. The van der Waals surface area contributed by atoms with Crippen molar-refractivity contribution in [3.05, 3.63) is 20.2 Å². The van der Waals surface area contributed by atoms with Gasteiger partial charge in [-0.3, -0.25) is 4.90 Å². The first kappa shape index (κ1) is 14.0. The highest BCUT2D eigenvalue weighted by Gasteiger charge is 2.31. The van der Waals surface area contributed by atoms with Crippen molar-refractivity contribution in [3.8, 4) is 0 Å². The number of hydrogen-bond donors (Lipinski definition) is 0. The van der Waals surface area contributed by atoms with Gasteiger partial charge in [0.1, 0.15) is 11.3 Å². The third kappa shape index (κ3) is 3.04. The molecule has 1 aliphatic heterocycles. The van der Waals surface area contributed by atoms with E-state index < -0.39 is 0 Å². The van der Waals surface area contributed by atoms with Crippen LogP contribution in [0.3, 0.4) is 0 Å². The second kappa shape index (κ2) is 5.79. The largest absolute Gasteiger partial charge is 0.368 e. The Bertz CT molecular complexity index is 481. The van der Waals surface area contributed by atoms with Crippen molar-refractivity contribution < 1.29 is 4.74 Å². The minimum atomic E-state index is -0.0410. The fraction of sp³-hybridized carbons (Fsp3) is 0.692. The van der Waals surface area contributed by atoms with Crippen LogP contribution in [0.5, 0.6) is 0 Å². The van der Waals surface area contributed by atoms with E-state index in [1.807, 2.05) is 0 Å². The summed E-state index contributed by atoms with van der Waals surface area (Å²) >= 11 is 8.50. The molecule has 0 spiro atoms. The van der Waals surface area contributed by atoms with E-state index in [1.165, 1.54) is 12.8 Å². The van der Waals surface area contributed by atoms with Gasteiger partial charge < -0.3 is 4.74 Å². The Labute approximate surface area is 132 Å². The summed E-state index contributed by atoms with van der Waals surface area (Å²) in [5.74, 6) is 1.34. The fourth-order valence-corrected chi connectivity index (χ4v) is 3.24. The number of hydrogen-bond acceptors (Lipinski definition) is 4. The zero-order chi connectivity index (χ0) is 13.4. The number of ether oxygens (including phenoxy) is 1. The van der Waals surface area contributed by atoms with Crippen molar-refractivity contribution in [3.63, 3.8) is 0 Å². The molecule has 2 fully saturated rings. The summed E-state index contributed by atoms with van der Waals surface area (Å²) in [6, 6.07) is 0. The van der Waals surface area contributed by atoms with Gasteiger partial charge in [-0.1, -0.05) is 18.5 Å². The van der Waals surface area contributed by atoms with Gasteiger partial charge in [0.25, 0.3) is 0 Å². The van der Waals surface area contributed by atoms with Gasteiger partial charge in [-0.05, 0) is 42.0 Å². The molecule has 1 saturated heterocycles. The van der Waals surface area contributed by atoms with E-state index in [2.05, 4.69) is 39.4 Å². The number of likely N-dealkylation sites (N-methyl/N-ethyl adjacent to an activating group) is 1. The summed E-state index contributed by atoms with van der Waals surface area (Å²) in [6.07, 6.45) is 2.39. The predicted octanol–water partition coefficient (Wildman–Crippen LogP) is 3.01. The summed E-state index contributed by atoms with van der Waals surface area (Å²) in [5, 5.41) is 0.574. The van der Waals surface area contributed by atoms with Crippen molar-refractivity contribution in [2.24, 2.45) is 0 Å². The molecule has 1 aromatic rings. The monoisotopic (exact) mass is 393 g/mol. The van der Waals surface area contributed by atoms with Crippen LogP contribution >= 0.6 is 34.2 Å². The third-order valence-electron chi connectivity index (χ3n) is 3.70. The molecule has 6 heteroatoms. The van der Waals surface area contributed by atoms with Crippen LogP contribution in [-0.4, -0.2) is 41.1 Å². The molecule has 1 atom stereocenters. The van der Waals surface area contributed by atoms with E-state index in [-0.39, 0.29) is 6.10 Å². The van der Waals surface area contributed by atoms with Crippen LogP contribution in [0.4, 0.5) is 0 Å². The molecule has 0 N–H and O–H groups in total. The van der Waals surface area contributed by atoms with Gasteiger partial charge >= 0.3 is 0 Å². The van der Waals surface area contributed by atoms with Gasteiger partial charge in [0.2, 0.25) is 0 Å². The minimum Gasteiger partial charge on any atom is -0.368 e. The molecule has 19 heavy (non-hydrogen) atoms. The lowest BCUT2D eigenvalue weighted by atomic mass is 10.2. The van der Waals surface area contributed by atoms with Crippen molar-refractivity contribution in [2.45, 2.75) is 31.8 Å². The molecule has 1 aromatic heterocycles. The van der Waals surface area contributed by atoms with Gasteiger partial charge in [-0.15, -0.1) is 0 Å². The van der Waals surface area contributed by atoms with Crippen LogP contribution < -0.4 is 0 Å². The van der Waals surface area contributed by atoms with E-state index in [4.69, 9.17) is 21.3 Å². The van der Waals surface area contributed by atoms with Gasteiger partial charge in [0.15, 0.2) is 5.82 Å². The highest BCUT2D eigenvalue weighted by Crippen LogP contribution is 2.42. The standard InChI is InChI=1S/C13H17ClIN3O/c1-2-18-5-6-19-9(7-18)13-16-11(8-3-4-8)10(15)12(14)17-13/h8-9H,2-7H2,1H3. The van der Waals surface area contributed by atoms with Crippen LogP contribution in [0.15, 0.2) is 0 Å². The van der Waals surface area contributed by atoms with Crippen LogP contribution in [0.2, 0.25) is 5.15 Å². The Morgan fingerprint density at radius 3 is 2.89 bits per heavy atom. The first-order valence-corrected chi connectivity index (χ1v) is 8.21. The predicted molar refractivity (Wildman–Crippen MR) is 82.5 cm³/mol. The Hall–Kier alpha value is 0.0200. The second-order valence-corrected chi connectivity index (χ2v) is 6.54. The highest BCUT2D eigenvalue weighted by molar-refractivity contribution is 14.1. The van der Waals surface area contributed by atoms with Crippen LogP contribution in [0.1, 0.15) is 43.3 Å². The maximum atomic E-state index is 6.25. The molecule has 0 aromatic carbocycles. The zero-order valence-electron chi connectivity index (χ0n) is 10.9. The van der Waals surface area contributed by atoms with E-state index in [9.17, 15) is 0 Å². The Morgan fingerprint density at radius 2 is 2.21 bits per heavy atom. The van der Waals surface area contributed by atoms with E-state index in [1.54, 1.807) is 0 Å². The summed E-state index contributed by atoms with van der Waals surface area (Å²) < 4.78 is 6.83. The average molecular weight is 394 g/mol. The van der Waals surface area contributed by atoms with Crippen molar-refractivity contribution >= 4 is 34.2 Å². The average Bonchev–Trinajstić information content (AvgIpc) is 3.26. The van der Waals surface area contributed by atoms with Crippen molar-refractivity contribution in [1.29, 1.82) is 0 Å². The molecule has 2 aliphatic rings. The first-order valence-electron chi connectivity index (χ1n) is 6.75. The lowest BCUT2D eigenvalue weighted by Crippen LogP contribution is -2.38. The van der Waals surface area contributed by atoms with Gasteiger partial charge in [0.05, 0.1) is 15.9 Å². The summed E-state index contributed by atoms with van der Waals surface area (Å²) in [5.41, 5.74) is 1.12. The molecule has 3 rings (SSSR count). The third-order valence-corrected chi connectivity index (χ3v) is 5.36. The molecule has 0 amide bonds. The Morgan fingerprint density at radius 1 is 1.42 bits per heavy atom. The number of halogens is 2. The molecule has 1 saturated carbocycles. The Balaban J connectivity index is 1.87. The molecule has 1 unspecified atom stereocenters. The molecule has 0 bridgehead atoms.